The number of aliphatic carboxylic acids is 3. The minimum atomic E-state index is -1.35. The van der Waals surface area contributed by atoms with Crippen LogP contribution in [-0.4, -0.2) is 67.7 Å². The van der Waals surface area contributed by atoms with E-state index in [1.165, 1.54) is 34.9 Å². The zero-order valence-corrected chi connectivity index (χ0v) is 23.1. The van der Waals surface area contributed by atoms with Crippen molar-refractivity contribution in [3.8, 4) is 11.4 Å². The van der Waals surface area contributed by atoms with Gasteiger partial charge in [0.2, 0.25) is 6.29 Å². The van der Waals surface area contributed by atoms with Gasteiger partial charge in [-0.1, -0.05) is 0 Å². The van der Waals surface area contributed by atoms with Crippen molar-refractivity contribution in [3.63, 3.8) is 0 Å². The number of carboxylic acid groups (broad SMARTS) is 3. The molecule has 0 spiro atoms. The minimum Gasteiger partial charge on any atom is -0.481 e. The highest BCUT2D eigenvalue weighted by atomic mass is 19.1. The number of ether oxygens (including phenoxy) is 3. The van der Waals surface area contributed by atoms with Gasteiger partial charge in [0.1, 0.15) is 24.0 Å². The Morgan fingerprint density at radius 3 is 2.14 bits per heavy atom. The predicted octanol–water partition coefficient (Wildman–Crippen LogP) is 2.77. The Bertz CT molecular complexity index is 1600. The maximum absolute atomic E-state index is 13.6. The lowest BCUT2D eigenvalue weighted by Gasteiger charge is -2.45. The molecule has 0 unspecified atom stereocenters. The average molecular weight is 601 g/mol. The number of aryl methyl sites for hydroxylation is 1. The zero-order chi connectivity index (χ0) is 31.4. The second-order valence-electron chi connectivity index (χ2n) is 10.2. The second kappa shape index (κ2) is 13.0. The molecule has 43 heavy (non-hydrogen) atoms. The molecule has 1 aliphatic heterocycles. The van der Waals surface area contributed by atoms with Gasteiger partial charge in [0.05, 0.1) is 35.5 Å². The molecule has 0 radical (unpaired) electrons. The molecule has 1 fully saturated rings. The summed E-state index contributed by atoms with van der Waals surface area (Å²) < 4.78 is 32.0. The van der Waals surface area contributed by atoms with Gasteiger partial charge in [-0.15, -0.1) is 0 Å². The first-order valence-electron chi connectivity index (χ1n) is 13.2. The molecule has 0 aliphatic carbocycles. The van der Waals surface area contributed by atoms with Crippen LogP contribution in [0.2, 0.25) is 0 Å². The lowest BCUT2D eigenvalue weighted by molar-refractivity contribution is -0.237. The fourth-order valence-corrected chi connectivity index (χ4v) is 5.47. The summed E-state index contributed by atoms with van der Waals surface area (Å²) in [7, 11) is 0. The molecule has 0 amide bonds. The molecule has 0 bridgehead atoms. The molecule has 3 N–H and O–H groups in total. The first-order valence-corrected chi connectivity index (χ1v) is 13.2. The molecular weight excluding hydrogens is 571 g/mol. The topological polar surface area (TPSA) is 192 Å². The number of esters is 1. The van der Waals surface area contributed by atoms with E-state index in [0.29, 0.717) is 11.5 Å². The van der Waals surface area contributed by atoms with Gasteiger partial charge in [-0.3, -0.25) is 28.5 Å². The van der Waals surface area contributed by atoms with Crippen molar-refractivity contribution in [1.82, 2.24) is 9.55 Å². The summed E-state index contributed by atoms with van der Waals surface area (Å²) in [5.41, 5.74) is 0.180. The summed E-state index contributed by atoms with van der Waals surface area (Å²) in [5, 5.41) is 28.9. The zero-order valence-electron chi connectivity index (χ0n) is 23.1. The third-order valence-electron chi connectivity index (χ3n) is 7.26. The number of hydrogen-bond donors (Lipinski definition) is 3. The van der Waals surface area contributed by atoms with Gasteiger partial charge in [0, 0.05) is 31.2 Å². The monoisotopic (exact) mass is 600 g/mol. The van der Waals surface area contributed by atoms with Crippen LogP contribution in [0.4, 0.5) is 4.39 Å². The lowest BCUT2D eigenvalue weighted by Crippen LogP contribution is -2.53. The summed E-state index contributed by atoms with van der Waals surface area (Å²) in [6.07, 6.45) is -4.17. The number of fused-ring (bicyclic) bond motifs is 1. The SMILES string of the molecule is CC(=O)OC[C@H]1O[C@@H](Oc2ccc(-n3c(C)nc4cc(F)ccc4c3=O)cc2)[C@@H](CC(=O)O)[C@H](CC(=O)O)[C@@H]1CC(=O)O. The number of nitrogens with zero attached hydrogens (tertiary/aromatic N) is 2. The number of aromatic nitrogens is 2. The molecule has 1 saturated heterocycles. The Hall–Kier alpha value is -4.85. The third-order valence-corrected chi connectivity index (χ3v) is 7.26. The van der Waals surface area contributed by atoms with Crippen molar-refractivity contribution in [2.24, 2.45) is 17.8 Å². The van der Waals surface area contributed by atoms with Gasteiger partial charge >= 0.3 is 23.9 Å². The normalized spacial score (nSPS) is 21.7. The van der Waals surface area contributed by atoms with Gasteiger partial charge in [0.25, 0.3) is 5.56 Å². The molecule has 3 aromatic rings. The average Bonchev–Trinajstić information content (AvgIpc) is 2.91. The van der Waals surface area contributed by atoms with E-state index in [9.17, 15) is 43.7 Å². The maximum atomic E-state index is 13.6. The molecule has 2 aromatic carbocycles. The summed E-state index contributed by atoms with van der Waals surface area (Å²) in [4.78, 5) is 64.2. The molecule has 0 saturated carbocycles. The van der Waals surface area contributed by atoms with Crippen molar-refractivity contribution in [2.45, 2.75) is 45.5 Å². The van der Waals surface area contributed by atoms with E-state index in [-0.39, 0.29) is 16.7 Å². The summed E-state index contributed by atoms with van der Waals surface area (Å²) >= 11 is 0. The molecule has 1 aromatic heterocycles. The summed E-state index contributed by atoms with van der Waals surface area (Å²) in [6.45, 7) is 2.33. The largest absolute Gasteiger partial charge is 0.481 e. The maximum Gasteiger partial charge on any atom is 0.303 e. The molecule has 13 nitrogen and oxygen atoms in total. The number of benzene rings is 2. The van der Waals surface area contributed by atoms with Crippen LogP contribution >= 0.6 is 0 Å². The Morgan fingerprint density at radius 1 is 0.930 bits per heavy atom. The van der Waals surface area contributed by atoms with E-state index < -0.39 is 91.3 Å². The number of hydrogen-bond acceptors (Lipinski definition) is 9. The van der Waals surface area contributed by atoms with E-state index >= 15 is 0 Å². The summed E-state index contributed by atoms with van der Waals surface area (Å²) in [5.74, 6) is -7.65. The number of carbonyl (C=O) groups excluding carboxylic acids is 1. The highest BCUT2D eigenvalue weighted by molar-refractivity contribution is 5.78. The highest BCUT2D eigenvalue weighted by Crippen LogP contribution is 2.42. The van der Waals surface area contributed by atoms with Gasteiger partial charge < -0.3 is 29.5 Å². The molecule has 1 aliphatic rings. The molecule has 5 atom stereocenters. The minimum absolute atomic E-state index is 0.169. The number of carboxylic acids is 3. The number of carbonyl (C=O) groups is 4. The Balaban J connectivity index is 1.68. The van der Waals surface area contributed by atoms with Crippen molar-refractivity contribution in [1.29, 1.82) is 0 Å². The van der Waals surface area contributed by atoms with E-state index in [1.54, 1.807) is 6.92 Å². The van der Waals surface area contributed by atoms with Crippen molar-refractivity contribution >= 4 is 34.8 Å². The van der Waals surface area contributed by atoms with Crippen molar-refractivity contribution < 1.29 is 53.1 Å². The van der Waals surface area contributed by atoms with Gasteiger partial charge in [-0.25, -0.2) is 9.37 Å². The standard InChI is InChI=1S/C29H29FN2O11/c1-14-31-23-9-16(30)3-8-19(23)28(40)32(14)17-4-6-18(7-5-17)42-29-22(12-27(38)39)20(10-25(34)35)21(11-26(36)37)24(43-29)13-41-15(2)33/h3-9,20-22,24,29H,10-13H2,1-2H3,(H,34,35)(H,36,37)(H,38,39)/t20-,21+,22+,24-,29-/m1/s1. The van der Waals surface area contributed by atoms with E-state index in [0.717, 1.165) is 19.1 Å². The quantitative estimate of drug-likeness (QED) is 0.273. The lowest BCUT2D eigenvalue weighted by atomic mass is 9.71. The summed E-state index contributed by atoms with van der Waals surface area (Å²) in [6, 6.07) is 9.70. The first-order chi connectivity index (χ1) is 20.3. The second-order valence-corrected chi connectivity index (χ2v) is 10.2. The van der Waals surface area contributed by atoms with E-state index in [1.807, 2.05) is 0 Å². The Labute approximate surface area is 243 Å². The highest BCUT2D eigenvalue weighted by Gasteiger charge is 2.49. The van der Waals surface area contributed by atoms with Gasteiger partial charge in [-0.05, 0) is 49.2 Å². The Morgan fingerprint density at radius 2 is 1.53 bits per heavy atom. The molecule has 228 valence electrons. The molecule has 4 rings (SSSR count). The Kier molecular flexibility index (Phi) is 9.39. The van der Waals surface area contributed by atoms with Gasteiger partial charge in [0.15, 0.2) is 0 Å². The van der Waals surface area contributed by atoms with Crippen molar-refractivity contribution in [2.75, 3.05) is 6.61 Å². The molecule has 2 heterocycles. The van der Waals surface area contributed by atoms with Crippen LogP contribution < -0.4 is 10.3 Å². The number of rotatable bonds is 11. The fraction of sp³-hybridized carbons (Fsp3) is 0.379. The van der Waals surface area contributed by atoms with E-state index in [2.05, 4.69) is 4.98 Å². The van der Waals surface area contributed by atoms with Crippen molar-refractivity contribution in [3.05, 3.63) is 64.5 Å². The smallest absolute Gasteiger partial charge is 0.303 e. The van der Waals surface area contributed by atoms with Crippen LogP contribution in [0.25, 0.3) is 16.6 Å². The van der Waals surface area contributed by atoms with Crippen LogP contribution in [0.15, 0.2) is 47.3 Å². The van der Waals surface area contributed by atoms with Gasteiger partial charge in [-0.2, -0.15) is 0 Å². The fourth-order valence-electron chi connectivity index (χ4n) is 5.47. The van der Waals surface area contributed by atoms with Crippen LogP contribution in [0, 0.1) is 30.5 Å². The molecule has 14 heteroatoms. The van der Waals surface area contributed by atoms with E-state index in [4.69, 9.17) is 14.2 Å². The molecular formula is C29H29FN2O11. The number of halogens is 1. The first kappa shape index (κ1) is 31.1. The predicted molar refractivity (Wildman–Crippen MR) is 145 cm³/mol. The van der Waals surface area contributed by atoms with Crippen LogP contribution in [0.1, 0.15) is 32.0 Å². The van der Waals surface area contributed by atoms with Crippen LogP contribution in [0.5, 0.6) is 5.75 Å². The third kappa shape index (κ3) is 7.33. The van der Waals surface area contributed by atoms with Crippen LogP contribution in [0.3, 0.4) is 0 Å². The van der Waals surface area contributed by atoms with Crippen LogP contribution in [-0.2, 0) is 28.7 Å².